The van der Waals surface area contributed by atoms with Crippen LogP contribution in [0.4, 0.5) is 0 Å². The highest BCUT2D eigenvalue weighted by Crippen LogP contribution is 2.14. The lowest BCUT2D eigenvalue weighted by Gasteiger charge is -2.18. The summed E-state index contributed by atoms with van der Waals surface area (Å²) in [7, 11) is 0. The quantitative estimate of drug-likeness (QED) is 0.583. The van der Waals surface area contributed by atoms with Crippen LogP contribution in [-0.2, 0) is 16.1 Å². The monoisotopic (exact) mass is 291 g/mol. The van der Waals surface area contributed by atoms with Gasteiger partial charge in [0.25, 0.3) is 0 Å². The van der Waals surface area contributed by atoms with E-state index in [0.29, 0.717) is 12.3 Å². The average molecular weight is 291 g/mol. The van der Waals surface area contributed by atoms with Crippen molar-refractivity contribution >= 4 is 11.7 Å². The number of carbonyl (C=O) groups is 1. The Labute approximate surface area is 126 Å². The largest absolute Gasteiger partial charge is 0.478 e. The summed E-state index contributed by atoms with van der Waals surface area (Å²) in [5.74, 6) is -0.451. The Balaban J connectivity index is 2.78. The fourth-order valence-corrected chi connectivity index (χ4v) is 1.67. The normalized spacial score (nSPS) is 12.5. The number of carboxylic acid groups (broad SMARTS) is 1. The Kier molecular flexibility index (Phi) is 6.40. The molecule has 0 aliphatic carbocycles. The van der Waals surface area contributed by atoms with Crippen molar-refractivity contribution in [3.63, 3.8) is 0 Å². The van der Waals surface area contributed by atoms with Crippen molar-refractivity contribution in [1.29, 1.82) is 0 Å². The van der Waals surface area contributed by atoms with Gasteiger partial charge in [-0.1, -0.05) is 49.3 Å². The molecule has 0 spiro atoms. The number of aliphatic carboxylic acids is 1. The second-order valence-corrected chi connectivity index (χ2v) is 6.16. The van der Waals surface area contributed by atoms with Gasteiger partial charge in [-0.15, -0.1) is 0 Å². The molecule has 4 heteroatoms. The van der Waals surface area contributed by atoms with Gasteiger partial charge in [0.1, 0.15) is 0 Å². The highest BCUT2D eigenvalue weighted by molar-refractivity contribution is 5.86. The lowest BCUT2D eigenvalue weighted by atomic mass is 10.0. The predicted molar refractivity (Wildman–Crippen MR) is 84.5 cm³/mol. The van der Waals surface area contributed by atoms with Crippen LogP contribution in [0.15, 0.2) is 35.5 Å². The van der Waals surface area contributed by atoms with Crippen LogP contribution in [0.5, 0.6) is 0 Å². The first-order valence-electron chi connectivity index (χ1n) is 7.32. The van der Waals surface area contributed by atoms with Gasteiger partial charge >= 0.3 is 5.97 Å². The fourth-order valence-electron chi connectivity index (χ4n) is 1.67. The van der Waals surface area contributed by atoms with E-state index in [4.69, 9.17) is 9.94 Å². The third-order valence-electron chi connectivity index (χ3n) is 3.18. The van der Waals surface area contributed by atoms with E-state index in [1.54, 1.807) is 0 Å². The number of oxime groups is 1. The highest BCUT2D eigenvalue weighted by atomic mass is 16.7. The van der Waals surface area contributed by atoms with Gasteiger partial charge in [-0.2, -0.15) is 0 Å². The molecule has 1 aromatic carbocycles. The molecule has 0 radical (unpaired) electrons. The van der Waals surface area contributed by atoms with Crippen LogP contribution in [-0.4, -0.2) is 22.4 Å². The molecule has 4 nitrogen and oxygen atoms in total. The standard InChI is InChI=1S/C17H25NO3/c1-13(2)10-11-15(12-14-8-6-5-7-9-14)18-21-17(3,4)16(19)20/h5-9,13H,10-12H2,1-4H3,(H,19,20)/b18-15+. The number of hydrogen-bond donors (Lipinski definition) is 1. The highest BCUT2D eigenvalue weighted by Gasteiger charge is 2.29. The van der Waals surface area contributed by atoms with Gasteiger partial charge in [0, 0.05) is 6.42 Å². The maximum Gasteiger partial charge on any atom is 0.350 e. The van der Waals surface area contributed by atoms with E-state index in [-0.39, 0.29) is 0 Å². The first-order valence-corrected chi connectivity index (χ1v) is 7.32. The summed E-state index contributed by atoms with van der Waals surface area (Å²) in [6.45, 7) is 7.31. The van der Waals surface area contributed by atoms with Crippen LogP contribution in [0.1, 0.15) is 46.1 Å². The van der Waals surface area contributed by atoms with Gasteiger partial charge in [0.2, 0.25) is 5.60 Å². The van der Waals surface area contributed by atoms with E-state index in [1.807, 2.05) is 30.3 Å². The summed E-state index contributed by atoms with van der Waals surface area (Å²) in [5.41, 5.74) is 0.723. The molecule has 21 heavy (non-hydrogen) atoms. The van der Waals surface area contributed by atoms with Gasteiger partial charge in [-0.05, 0) is 38.2 Å². The molecule has 1 aromatic rings. The smallest absolute Gasteiger partial charge is 0.350 e. The van der Waals surface area contributed by atoms with E-state index in [9.17, 15) is 4.79 Å². The zero-order chi connectivity index (χ0) is 15.9. The van der Waals surface area contributed by atoms with Crippen molar-refractivity contribution in [2.75, 3.05) is 0 Å². The van der Waals surface area contributed by atoms with Crippen LogP contribution < -0.4 is 0 Å². The molecule has 0 aliphatic heterocycles. The molecular formula is C17H25NO3. The van der Waals surface area contributed by atoms with Gasteiger partial charge < -0.3 is 9.94 Å². The lowest BCUT2D eigenvalue weighted by molar-refractivity contribution is -0.161. The number of nitrogens with zero attached hydrogens (tertiary/aromatic N) is 1. The molecule has 1 rings (SSSR count). The zero-order valence-electron chi connectivity index (χ0n) is 13.3. The maximum absolute atomic E-state index is 11.1. The Morgan fingerprint density at radius 3 is 2.43 bits per heavy atom. The van der Waals surface area contributed by atoms with Crippen molar-refractivity contribution in [3.8, 4) is 0 Å². The topological polar surface area (TPSA) is 58.9 Å². The molecule has 1 N–H and O–H groups in total. The molecule has 0 aromatic heterocycles. The summed E-state index contributed by atoms with van der Waals surface area (Å²) in [6, 6.07) is 10.0. The Morgan fingerprint density at radius 2 is 1.90 bits per heavy atom. The molecule has 0 fully saturated rings. The van der Waals surface area contributed by atoms with Crippen LogP contribution in [0.25, 0.3) is 0 Å². The van der Waals surface area contributed by atoms with Gasteiger partial charge in [0.15, 0.2) is 0 Å². The second kappa shape index (κ2) is 7.81. The van der Waals surface area contributed by atoms with Crippen molar-refractivity contribution in [2.45, 2.75) is 52.6 Å². The van der Waals surface area contributed by atoms with Crippen LogP contribution in [0.3, 0.4) is 0 Å². The molecular weight excluding hydrogens is 266 g/mol. The summed E-state index contributed by atoms with van der Waals surface area (Å²) >= 11 is 0. The van der Waals surface area contributed by atoms with Crippen LogP contribution in [0, 0.1) is 5.92 Å². The van der Waals surface area contributed by atoms with E-state index < -0.39 is 11.6 Å². The second-order valence-electron chi connectivity index (χ2n) is 6.16. The summed E-state index contributed by atoms with van der Waals surface area (Å²) < 4.78 is 0. The summed E-state index contributed by atoms with van der Waals surface area (Å²) in [5, 5.41) is 13.2. The molecule has 0 atom stereocenters. The van der Waals surface area contributed by atoms with Crippen LogP contribution >= 0.6 is 0 Å². The van der Waals surface area contributed by atoms with Crippen molar-refractivity contribution in [1.82, 2.24) is 0 Å². The third-order valence-corrected chi connectivity index (χ3v) is 3.18. The molecule has 0 saturated heterocycles. The molecule has 0 amide bonds. The first-order chi connectivity index (χ1) is 9.81. The summed E-state index contributed by atoms with van der Waals surface area (Å²) in [4.78, 5) is 16.3. The molecule has 116 valence electrons. The molecule has 0 bridgehead atoms. The predicted octanol–water partition coefficient (Wildman–Crippen LogP) is 3.90. The fraction of sp³-hybridized carbons (Fsp3) is 0.529. The molecule has 0 saturated carbocycles. The maximum atomic E-state index is 11.1. The molecule has 0 aliphatic rings. The lowest BCUT2D eigenvalue weighted by Crippen LogP contribution is -2.33. The van der Waals surface area contributed by atoms with Crippen molar-refractivity contribution in [3.05, 3.63) is 35.9 Å². The Bertz CT molecular complexity index is 478. The molecule has 0 unspecified atom stereocenters. The van der Waals surface area contributed by atoms with E-state index in [2.05, 4.69) is 19.0 Å². The van der Waals surface area contributed by atoms with Crippen molar-refractivity contribution in [2.24, 2.45) is 11.1 Å². The zero-order valence-corrected chi connectivity index (χ0v) is 13.3. The Morgan fingerprint density at radius 1 is 1.29 bits per heavy atom. The summed E-state index contributed by atoms with van der Waals surface area (Å²) in [6.07, 6.45) is 2.49. The minimum Gasteiger partial charge on any atom is -0.478 e. The van der Waals surface area contributed by atoms with E-state index >= 15 is 0 Å². The first kappa shape index (κ1) is 17.2. The van der Waals surface area contributed by atoms with Gasteiger partial charge in [-0.3, -0.25) is 0 Å². The van der Waals surface area contributed by atoms with E-state index in [1.165, 1.54) is 13.8 Å². The number of benzene rings is 1. The number of rotatable bonds is 8. The minimum atomic E-state index is -1.31. The molecule has 0 heterocycles. The van der Waals surface area contributed by atoms with Gasteiger partial charge in [0.05, 0.1) is 5.71 Å². The Hall–Kier alpha value is -1.84. The average Bonchev–Trinajstić information content (AvgIpc) is 2.42. The SMILES string of the molecule is CC(C)CC/C(Cc1ccccc1)=N\OC(C)(C)C(=O)O. The van der Waals surface area contributed by atoms with Gasteiger partial charge in [-0.25, -0.2) is 4.79 Å². The van der Waals surface area contributed by atoms with Crippen LogP contribution in [0.2, 0.25) is 0 Å². The minimum absolute atomic E-state index is 0.568. The number of carboxylic acids is 1. The third kappa shape index (κ3) is 6.43. The van der Waals surface area contributed by atoms with Crippen molar-refractivity contribution < 1.29 is 14.7 Å². The van der Waals surface area contributed by atoms with E-state index in [0.717, 1.165) is 24.1 Å². The number of hydrogen-bond acceptors (Lipinski definition) is 3.